The summed E-state index contributed by atoms with van der Waals surface area (Å²) in [4.78, 5) is 31.3. The molecule has 2 aromatic rings. The summed E-state index contributed by atoms with van der Waals surface area (Å²) in [5.41, 5.74) is 3.05. The number of aryl methyl sites for hydroxylation is 1. The highest BCUT2D eigenvalue weighted by molar-refractivity contribution is 7.08. The van der Waals surface area contributed by atoms with E-state index in [0.717, 1.165) is 36.9 Å². The van der Waals surface area contributed by atoms with Gasteiger partial charge >= 0.3 is 5.97 Å². The molecule has 5 nitrogen and oxygen atoms in total. The number of nitrogens with zero attached hydrogens (tertiary/aromatic N) is 2. The number of carbonyl (C=O) groups is 2. The quantitative estimate of drug-likeness (QED) is 0.887. The van der Waals surface area contributed by atoms with E-state index in [1.165, 1.54) is 0 Å². The Hall–Kier alpha value is -2.21. The number of hydrogen-bond donors (Lipinski definition) is 1. The zero-order chi connectivity index (χ0) is 18.3. The van der Waals surface area contributed by atoms with Gasteiger partial charge in [-0.25, -0.2) is 4.79 Å². The van der Waals surface area contributed by atoms with Crippen LogP contribution in [0.15, 0.2) is 29.0 Å². The predicted octanol–water partition coefficient (Wildman–Crippen LogP) is 3.98. The molecule has 1 N–H and O–H groups in total. The van der Waals surface area contributed by atoms with Crippen molar-refractivity contribution in [1.82, 2.24) is 9.88 Å². The maximum atomic E-state index is 13.3. The Bertz CT molecular complexity index is 834. The fourth-order valence-corrected chi connectivity index (χ4v) is 5.12. The van der Waals surface area contributed by atoms with E-state index < -0.39 is 12.0 Å². The number of carboxylic acids is 1. The lowest BCUT2D eigenvalue weighted by atomic mass is 9.84. The largest absolute Gasteiger partial charge is 0.480 e. The summed E-state index contributed by atoms with van der Waals surface area (Å²) in [6, 6.07) is 4.99. The molecule has 1 aliphatic heterocycles. The topological polar surface area (TPSA) is 70.5 Å². The Morgan fingerprint density at radius 3 is 2.73 bits per heavy atom. The smallest absolute Gasteiger partial charge is 0.326 e. The van der Waals surface area contributed by atoms with Crippen LogP contribution in [0.25, 0.3) is 11.3 Å². The minimum atomic E-state index is -0.895. The highest BCUT2D eigenvalue weighted by Crippen LogP contribution is 2.40. The number of rotatable bonds is 3. The van der Waals surface area contributed by atoms with Gasteiger partial charge in [0.15, 0.2) is 0 Å². The van der Waals surface area contributed by atoms with Gasteiger partial charge < -0.3 is 10.0 Å². The van der Waals surface area contributed by atoms with Crippen LogP contribution in [-0.2, 0) is 4.79 Å². The summed E-state index contributed by atoms with van der Waals surface area (Å²) in [5, 5.41) is 13.7. The number of likely N-dealkylation sites (tertiary alicyclic amines) is 1. The van der Waals surface area contributed by atoms with Crippen LogP contribution in [0.1, 0.15) is 48.2 Å². The number of thiophene rings is 1. The van der Waals surface area contributed by atoms with Crippen LogP contribution >= 0.6 is 11.3 Å². The predicted molar refractivity (Wildman–Crippen MR) is 100 cm³/mol. The van der Waals surface area contributed by atoms with Crippen LogP contribution in [0.4, 0.5) is 0 Å². The van der Waals surface area contributed by atoms with Crippen molar-refractivity contribution in [2.75, 3.05) is 0 Å². The van der Waals surface area contributed by atoms with Gasteiger partial charge in [0, 0.05) is 17.0 Å². The number of hydrogen-bond acceptors (Lipinski definition) is 4. The average Bonchev–Trinajstić information content (AvgIpc) is 3.29. The number of carboxylic acid groups (broad SMARTS) is 1. The van der Waals surface area contributed by atoms with E-state index >= 15 is 0 Å². The Morgan fingerprint density at radius 2 is 2.04 bits per heavy atom. The van der Waals surface area contributed by atoms with Gasteiger partial charge in [-0.1, -0.05) is 12.8 Å². The minimum absolute atomic E-state index is 0.0494. The number of carbonyl (C=O) groups excluding carboxylic acids is 1. The number of aromatic nitrogens is 1. The number of pyridine rings is 1. The van der Waals surface area contributed by atoms with Crippen LogP contribution in [0.3, 0.4) is 0 Å². The molecular formula is C20H22N2O3S. The summed E-state index contributed by atoms with van der Waals surface area (Å²) >= 11 is 1.61. The van der Waals surface area contributed by atoms with Crippen molar-refractivity contribution in [2.24, 2.45) is 5.92 Å². The average molecular weight is 370 g/mol. The molecule has 0 spiro atoms. The Kier molecular flexibility index (Phi) is 4.53. The molecule has 4 rings (SSSR count). The van der Waals surface area contributed by atoms with Crippen LogP contribution in [0.2, 0.25) is 0 Å². The van der Waals surface area contributed by atoms with E-state index in [-0.39, 0.29) is 11.9 Å². The number of fused-ring (bicyclic) bond motifs is 1. The van der Waals surface area contributed by atoms with Gasteiger partial charge in [0.25, 0.3) is 5.91 Å². The molecule has 1 aliphatic carbocycles. The zero-order valence-electron chi connectivity index (χ0n) is 14.7. The Morgan fingerprint density at radius 1 is 1.23 bits per heavy atom. The molecule has 0 aromatic carbocycles. The standard InChI is InChI=1S/C20H22N2O3S/c1-12-15(6-7-16(21-12)14-8-9-26-11-14)19(23)22-17-5-3-2-4-13(17)10-18(22)20(24)25/h6-9,11,13,17-18H,2-5,10H2,1H3,(H,24,25). The van der Waals surface area contributed by atoms with Crippen molar-refractivity contribution < 1.29 is 14.7 Å². The lowest BCUT2D eigenvalue weighted by molar-refractivity contribution is -0.141. The van der Waals surface area contributed by atoms with Crippen molar-refractivity contribution >= 4 is 23.2 Å². The third-order valence-corrected chi connectivity index (χ3v) is 6.42. The van der Waals surface area contributed by atoms with Crippen molar-refractivity contribution in [2.45, 2.75) is 51.1 Å². The molecular weight excluding hydrogens is 348 g/mol. The van der Waals surface area contributed by atoms with E-state index in [1.807, 2.05) is 29.8 Å². The normalized spacial score (nSPS) is 25.1. The second-order valence-corrected chi connectivity index (χ2v) is 8.04. The Balaban J connectivity index is 1.66. The fraction of sp³-hybridized carbons (Fsp3) is 0.450. The van der Waals surface area contributed by atoms with Gasteiger partial charge in [-0.3, -0.25) is 9.78 Å². The molecule has 0 bridgehead atoms. The van der Waals surface area contributed by atoms with Gasteiger partial charge in [0.05, 0.1) is 17.0 Å². The van der Waals surface area contributed by atoms with Gasteiger partial charge in [-0.2, -0.15) is 11.3 Å². The maximum Gasteiger partial charge on any atom is 0.326 e. The summed E-state index contributed by atoms with van der Waals surface area (Å²) < 4.78 is 0. The van der Waals surface area contributed by atoms with Gasteiger partial charge in [0.2, 0.25) is 0 Å². The molecule has 6 heteroatoms. The van der Waals surface area contributed by atoms with E-state index in [0.29, 0.717) is 23.6 Å². The summed E-state index contributed by atoms with van der Waals surface area (Å²) in [5.74, 6) is -0.769. The van der Waals surface area contributed by atoms with E-state index in [2.05, 4.69) is 4.98 Å². The number of aliphatic carboxylic acids is 1. The first kappa shape index (κ1) is 17.2. The minimum Gasteiger partial charge on any atom is -0.480 e. The maximum absolute atomic E-state index is 13.3. The van der Waals surface area contributed by atoms with E-state index in [1.54, 1.807) is 22.3 Å². The van der Waals surface area contributed by atoms with E-state index in [9.17, 15) is 14.7 Å². The van der Waals surface area contributed by atoms with Crippen LogP contribution in [0.5, 0.6) is 0 Å². The van der Waals surface area contributed by atoms with Crippen LogP contribution < -0.4 is 0 Å². The number of amides is 1. The SMILES string of the molecule is Cc1nc(-c2ccsc2)ccc1C(=O)N1C(C(=O)O)CC2CCCCC21. The molecule has 26 heavy (non-hydrogen) atoms. The van der Waals surface area contributed by atoms with Crippen molar-refractivity contribution in [1.29, 1.82) is 0 Å². The second kappa shape index (κ2) is 6.83. The van der Waals surface area contributed by atoms with E-state index in [4.69, 9.17) is 0 Å². The molecule has 0 radical (unpaired) electrons. The zero-order valence-corrected chi connectivity index (χ0v) is 15.5. The highest BCUT2D eigenvalue weighted by Gasteiger charge is 2.47. The molecule has 1 saturated heterocycles. The molecule has 3 heterocycles. The fourth-order valence-electron chi connectivity index (χ4n) is 4.47. The van der Waals surface area contributed by atoms with Crippen molar-refractivity contribution in [3.05, 3.63) is 40.2 Å². The molecule has 2 aromatic heterocycles. The monoisotopic (exact) mass is 370 g/mol. The summed E-state index contributed by atoms with van der Waals surface area (Å²) in [6.45, 7) is 1.83. The third kappa shape index (κ3) is 2.92. The first-order chi connectivity index (χ1) is 12.6. The highest BCUT2D eigenvalue weighted by atomic mass is 32.1. The molecule has 2 aliphatic rings. The second-order valence-electron chi connectivity index (χ2n) is 7.26. The van der Waals surface area contributed by atoms with Gasteiger partial charge in [-0.05, 0) is 55.7 Å². The van der Waals surface area contributed by atoms with Crippen LogP contribution in [0, 0.1) is 12.8 Å². The molecule has 1 saturated carbocycles. The van der Waals surface area contributed by atoms with Crippen molar-refractivity contribution in [3.63, 3.8) is 0 Å². The molecule has 3 unspecified atom stereocenters. The van der Waals surface area contributed by atoms with Crippen LogP contribution in [-0.4, -0.2) is 39.0 Å². The summed E-state index contributed by atoms with van der Waals surface area (Å²) in [7, 11) is 0. The molecule has 136 valence electrons. The third-order valence-electron chi connectivity index (χ3n) is 5.74. The first-order valence-corrected chi connectivity index (χ1v) is 10.1. The summed E-state index contributed by atoms with van der Waals surface area (Å²) in [6.07, 6.45) is 4.69. The molecule has 2 fully saturated rings. The lowest BCUT2D eigenvalue weighted by Crippen LogP contribution is -2.46. The molecule has 3 atom stereocenters. The van der Waals surface area contributed by atoms with Crippen molar-refractivity contribution in [3.8, 4) is 11.3 Å². The van der Waals surface area contributed by atoms with Gasteiger partial charge in [0.1, 0.15) is 6.04 Å². The van der Waals surface area contributed by atoms with Gasteiger partial charge in [-0.15, -0.1) is 0 Å². The Labute approximate surface area is 156 Å². The lowest BCUT2D eigenvalue weighted by Gasteiger charge is -2.33. The first-order valence-electron chi connectivity index (χ1n) is 9.12. The molecule has 1 amide bonds.